The monoisotopic (exact) mass is 499 g/mol. The number of anilines is 1. The summed E-state index contributed by atoms with van der Waals surface area (Å²) >= 11 is 0. The minimum Gasteiger partial charge on any atom is -0.359 e. The highest BCUT2D eigenvalue weighted by Crippen LogP contribution is 2.55. The fraction of sp³-hybridized carbons (Fsp3) is 0.433. The number of carbonyl (C=O) groups excluding carboxylic acids is 3. The third-order valence-electron chi connectivity index (χ3n) is 8.39. The van der Waals surface area contributed by atoms with Gasteiger partial charge < -0.3 is 20.3 Å². The first kappa shape index (κ1) is 23.9. The van der Waals surface area contributed by atoms with E-state index in [-0.39, 0.29) is 30.3 Å². The number of nitrogens with one attached hydrogen (secondary N) is 2. The van der Waals surface area contributed by atoms with Crippen molar-refractivity contribution in [3.8, 4) is 0 Å². The minimum absolute atomic E-state index is 0.105. The van der Waals surface area contributed by atoms with Gasteiger partial charge in [0.1, 0.15) is 11.6 Å². The molecule has 7 nitrogen and oxygen atoms in total. The van der Waals surface area contributed by atoms with E-state index in [1.54, 1.807) is 4.90 Å². The molecule has 3 aliphatic heterocycles. The van der Waals surface area contributed by atoms with Crippen molar-refractivity contribution in [1.29, 1.82) is 0 Å². The number of ether oxygens (including phenoxy) is 1. The summed E-state index contributed by atoms with van der Waals surface area (Å²) in [5.41, 5.74) is 1.55. The fourth-order valence-corrected chi connectivity index (χ4v) is 6.61. The van der Waals surface area contributed by atoms with Crippen LogP contribution < -0.4 is 10.6 Å². The largest absolute Gasteiger partial charge is 0.359 e. The maximum atomic E-state index is 14.0. The average molecular weight is 500 g/mol. The van der Waals surface area contributed by atoms with Gasteiger partial charge in [-0.25, -0.2) is 0 Å². The molecule has 3 heterocycles. The summed E-state index contributed by atoms with van der Waals surface area (Å²) in [4.78, 5) is 43.1. The Bertz CT molecular complexity index is 1220. The van der Waals surface area contributed by atoms with Crippen molar-refractivity contribution in [2.45, 2.75) is 69.4 Å². The van der Waals surface area contributed by atoms with Crippen LogP contribution in [0, 0.1) is 18.8 Å². The number of benzene rings is 2. The van der Waals surface area contributed by atoms with Crippen LogP contribution in [-0.2, 0) is 25.7 Å². The molecule has 3 fully saturated rings. The first-order valence-electron chi connectivity index (χ1n) is 13.4. The lowest BCUT2D eigenvalue weighted by atomic mass is 9.74. The molecule has 3 amide bonds. The molecule has 2 saturated heterocycles. The zero-order valence-corrected chi connectivity index (χ0v) is 21.1. The number of rotatable bonds is 6. The highest BCUT2D eigenvalue weighted by atomic mass is 16.5. The summed E-state index contributed by atoms with van der Waals surface area (Å²) in [6.07, 6.45) is 8.45. The summed E-state index contributed by atoms with van der Waals surface area (Å²) in [5.74, 6) is -2.11. The second kappa shape index (κ2) is 9.45. The van der Waals surface area contributed by atoms with Crippen LogP contribution in [0.5, 0.6) is 0 Å². The Balaban J connectivity index is 1.32. The van der Waals surface area contributed by atoms with E-state index in [0.717, 1.165) is 36.8 Å². The molecule has 1 aliphatic carbocycles. The molecule has 2 bridgehead atoms. The average Bonchev–Trinajstić information content (AvgIpc) is 3.54. The molecule has 2 aromatic carbocycles. The number of likely N-dealkylation sites (tertiary alicyclic amines) is 1. The summed E-state index contributed by atoms with van der Waals surface area (Å²) in [6, 6.07) is 16.5. The van der Waals surface area contributed by atoms with E-state index in [0.29, 0.717) is 5.69 Å². The molecule has 5 atom stereocenters. The number of aryl methyl sites for hydroxylation is 1. The molecule has 6 rings (SSSR count). The second-order valence-electron chi connectivity index (χ2n) is 10.9. The molecular weight excluding hydrogens is 466 g/mol. The van der Waals surface area contributed by atoms with Gasteiger partial charge in [0.2, 0.25) is 17.7 Å². The van der Waals surface area contributed by atoms with Crippen molar-refractivity contribution in [1.82, 2.24) is 10.2 Å². The van der Waals surface area contributed by atoms with Crippen LogP contribution in [0.15, 0.2) is 66.7 Å². The first-order valence-corrected chi connectivity index (χ1v) is 13.4. The molecule has 37 heavy (non-hydrogen) atoms. The lowest BCUT2D eigenvalue weighted by Gasteiger charge is -2.34. The van der Waals surface area contributed by atoms with Crippen LogP contribution >= 0.6 is 0 Å². The summed E-state index contributed by atoms with van der Waals surface area (Å²) in [5, 5.41) is 6.21. The standard InChI is InChI=1S/C30H33N3O4/c1-19-12-14-22(15-13-19)31-27(34)24-23-16-17-30(37-23)25(24)29(36)33(18-20-8-4-2-5-9-20)26(30)28(35)32-21-10-6-3-7-11-21/h2,4-5,8-9,12-17,21,23-26H,3,6-7,10-11,18H2,1H3,(H,31,34)(H,32,35)/t23-,24+,25-,26+,30-/m1/s1. The van der Waals surface area contributed by atoms with E-state index < -0.39 is 29.6 Å². The van der Waals surface area contributed by atoms with Crippen LogP contribution in [0.25, 0.3) is 0 Å². The van der Waals surface area contributed by atoms with Crippen LogP contribution in [0.2, 0.25) is 0 Å². The van der Waals surface area contributed by atoms with E-state index in [4.69, 9.17) is 4.74 Å². The highest BCUT2D eigenvalue weighted by Gasteiger charge is 2.72. The van der Waals surface area contributed by atoms with Gasteiger partial charge in [-0.05, 0) is 37.5 Å². The normalized spacial score (nSPS) is 30.4. The molecular formula is C30H33N3O4. The van der Waals surface area contributed by atoms with E-state index in [1.807, 2.05) is 73.7 Å². The second-order valence-corrected chi connectivity index (χ2v) is 10.9. The third kappa shape index (κ3) is 4.15. The smallest absolute Gasteiger partial charge is 0.246 e. The van der Waals surface area contributed by atoms with Crippen molar-refractivity contribution in [3.63, 3.8) is 0 Å². The third-order valence-corrected chi connectivity index (χ3v) is 8.39. The minimum atomic E-state index is -1.15. The molecule has 2 aromatic rings. The molecule has 7 heteroatoms. The molecule has 2 N–H and O–H groups in total. The predicted octanol–water partition coefficient (Wildman–Crippen LogP) is 3.73. The Labute approximate surface area is 217 Å². The molecule has 0 radical (unpaired) electrons. The Morgan fingerprint density at radius 1 is 1.00 bits per heavy atom. The van der Waals surface area contributed by atoms with E-state index in [9.17, 15) is 14.4 Å². The predicted molar refractivity (Wildman–Crippen MR) is 139 cm³/mol. The Hall–Kier alpha value is -3.45. The van der Waals surface area contributed by atoms with E-state index >= 15 is 0 Å². The number of fused-ring (bicyclic) bond motifs is 1. The van der Waals surface area contributed by atoms with Gasteiger partial charge in [0, 0.05) is 18.3 Å². The van der Waals surface area contributed by atoms with Gasteiger partial charge in [-0.15, -0.1) is 0 Å². The van der Waals surface area contributed by atoms with Gasteiger partial charge in [-0.1, -0.05) is 79.4 Å². The molecule has 1 saturated carbocycles. The zero-order valence-electron chi connectivity index (χ0n) is 21.1. The number of hydrogen-bond acceptors (Lipinski definition) is 4. The van der Waals surface area contributed by atoms with Gasteiger partial charge in [0.15, 0.2) is 0 Å². The molecule has 192 valence electrons. The maximum Gasteiger partial charge on any atom is 0.246 e. The first-order chi connectivity index (χ1) is 18.0. The van der Waals surface area contributed by atoms with Gasteiger partial charge in [0.25, 0.3) is 0 Å². The van der Waals surface area contributed by atoms with Crippen molar-refractivity contribution in [2.75, 3.05) is 5.32 Å². The van der Waals surface area contributed by atoms with Gasteiger partial charge in [0.05, 0.1) is 17.9 Å². The van der Waals surface area contributed by atoms with Crippen molar-refractivity contribution in [2.24, 2.45) is 11.8 Å². The topological polar surface area (TPSA) is 87.7 Å². The number of nitrogens with zero attached hydrogens (tertiary/aromatic N) is 1. The van der Waals surface area contributed by atoms with Gasteiger partial charge >= 0.3 is 0 Å². The van der Waals surface area contributed by atoms with Crippen molar-refractivity contribution >= 4 is 23.4 Å². The Morgan fingerprint density at radius 2 is 1.73 bits per heavy atom. The van der Waals surface area contributed by atoms with Crippen molar-refractivity contribution in [3.05, 3.63) is 77.9 Å². The number of amides is 3. The summed E-state index contributed by atoms with van der Waals surface area (Å²) in [7, 11) is 0. The molecule has 0 aromatic heterocycles. The lowest BCUT2D eigenvalue weighted by Crippen LogP contribution is -2.56. The van der Waals surface area contributed by atoms with Crippen LogP contribution in [-0.4, -0.2) is 46.4 Å². The summed E-state index contributed by atoms with van der Waals surface area (Å²) < 4.78 is 6.44. The lowest BCUT2D eigenvalue weighted by molar-refractivity contribution is -0.142. The van der Waals surface area contributed by atoms with Gasteiger partial charge in [-0.3, -0.25) is 14.4 Å². The van der Waals surface area contributed by atoms with Crippen LogP contribution in [0.3, 0.4) is 0 Å². The molecule has 4 aliphatic rings. The van der Waals surface area contributed by atoms with Gasteiger partial charge in [-0.2, -0.15) is 0 Å². The zero-order chi connectivity index (χ0) is 25.6. The van der Waals surface area contributed by atoms with E-state index in [2.05, 4.69) is 10.6 Å². The quantitative estimate of drug-likeness (QED) is 0.593. The maximum absolute atomic E-state index is 14.0. The SMILES string of the molecule is Cc1ccc(NC(=O)[C@H]2[C@H]3C=C[C@]4(O3)[C@H](C(=O)NC3CCCCC3)N(Cc3ccccc3)C(=O)[C@@H]24)cc1. The van der Waals surface area contributed by atoms with Crippen LogP contribution in [0.4, 0.5) is 5.69 Å². The number of hydrogen-bond donors (Lipinski definition) is 2. The Morgan fingerprint density at radius 3 is 2.46 bits per heavy atom. The molecule has 0 unspecified atom stereocenters. The van der Waals surface area contributed by atoms with Crippen molar-refractivity contribution < 1.29 is 19.1 Å². The molecule has 1 spiro atoms. The Kier molecular flexibility index (Phi) is 6.11. The number of carbonyl (C=O) groups is 3. The highest BCUT2D eigenvalue weighted by molar-refractivity contribution is 6.02. The fourth-order valence-electron chi connectivity index (χ4n) is 6.61. The van der Waals surface area contributed by atoms with Crippen LogP contribution in [0.1, 0.15) is 43.2 Å². The summed E-state index contributed by atoms with van der Waals surface area (Å²) in [6.45, 7) is 2.27. The van der Waals surface area contributed by atoms with E-state index in [1.165, 1.54) is 6.42 Å².